The van der Waals surface area contributed by atoms with E-state index in [9.17, 15) is 0 Å². The molecule has 2 fully saturated rings. The summed E-state index contributed by atoms with van der Waals surface area (Å²) in [7, 11) is -0.995. The molecular weight excluding hydrogens is 383 g/mol. The quantitative estimate of drug-likeness (QED) is 0.538. The third kappa shape index (κ3) is 5.39. The van der Waals surface area contributed by atoms with E-state index in [1.165, 1.54) is 5.56 Å². The first-order chi connectivity index (χ1) is 13.4. The van der Waals surface area contributed by atoms with Gasteiger partial charge in [0.2, 0.25) is 0 Å². The standard InChI is InChI=1S/C23H39N2O3P/c1-18(19-12-10-9-11-13-19)27-25-22(5,6)16-20(17-23(25,7)8)28-29-24(14-15-26-29)21(2,3)4/h9-13,18,20H,14-17H2,1-8H3. The van der Waals surface area contributed by atoms with Gasteiger partial charge in [-0.15, -0.1) is 0 Å². The zero-order valence-electron chi connectivity index (χ0n) is 19.4. The molecule has 6 heteroatoms. The number of rotatable bonds is 5. The molecule has 2 aliphatic rings. The van der Waals surface area contributed by atoms with Gasteiger partial charge in [0.05, 0.1) is 12.7 Å². The predicted octanol–water partition coefficient (Wildman–Crippen LogP) is 6.08. The van der Waals surface area contributed by atoms with Crippen molar-refractivity contribution in [3.05, 3.63) is 35.9 Å². The minimum atomic E-state index is -0.995. The van der Waals surface area contributed by atoms with E-state index in [1.807, 2.05) is 6.07 Å². The Morgan fingerprint density at radius 3 is 2.21 bits per heavy atom. The summed E-state index contributed by atoms with van der Waals surface area (Å²) in [5, 5.41) is 2.21. The normalized spacial score (nSPS) is 27.2. The van der Waals surface area contributed by atoms with Crippen LogP contribution in [0.3, 0.4) is 0 Å². The molecule has 2 atom stereocenters. The van der Waals surface area contributed by atoms with Gasteiger partial charge in [0, 0.05) is 23.2 Å². The molecule has 1 aromatic carbocycles. The summed E-state index contributed by atoms with van der Waals surface area (Å²) >= 11 is 0. The molecule has 5 nitrogen and oxygen atoms in total. The highest BCUT2D eigenvalue weighted by atomic mass is 31.2. The molecule has 0 saturated carbocycles. The highest BCUT2D eigenvalue weighted by Crippen LogP contribution is 2.54. The second-order valence-electron chi connectivity index (χ2n) is 10.6. The van der Waals surface area contributed by atoms with Crippen LogP contribution >= 0.6 is 8.53 Å². The van der Waals surface area contributed by atoms with Crippen molar-refractivity contribution in [3.8, 4) is 0 Å². The molecule has 0 aromatic heterocycles. The molecule has 0 N–H and O–H groups in total. The number of piperidine rings is 1. The van der Waals surface area contributed by atoms with Crippen molar-refractivity contribution in [1.29, 1.82) is 0 Å². The molecule has 0 radical (unpaired) electrons. The number of nitrogens with zero attached hydrogens (tertiary/aromatic N) is 2. The van der Waals surface area contributed by atoms with Crippen molar-refractivity contribution in [3.63, 3.8) is 0 Å². The summed E-state index contributed by atoms with van der Waals surface area (Å²) in [6, 6.07) is 10.4. The van der Waals surface area contributed by atoms with E-state index in [0.717, 1.165) is 26.0 Å². The van der Waals surface area contributed by atoms with Gasteiger partial charge in [0.15, 0.2) is 0 Å². The van der Waals surface area contributed by atoms with Crippen LogP contribution in [0.5, 0.6) is 0 Å². The van der Waals surface area contributed by atoms with E-state index in [1.54, 1.807) is 0 Å². The summed E-state index contributed by atoms with van der Waals surface area (Å²) < 4.78 is 15.0. The van der Waals surface area contributed by atoms with Crippen LogP contribution in [0.4, 0.5) is 0 Å². The van der Waals surface area contributed by atoms with Crippen LogP contribution < -0.4 is 0 Å². The fourth-order valence-electron chi connectivity index (χ4n) is 4.63. The third-order valence-corrected chi connectivity index (χ3v) is 7.88. The molecule has 2 heterocycles. The lowest BCUT2D eigenvalue weighted by atomic mass is 9.80. The van der Waals surface area contributed by atoms with Crippen LogP contribution in [-0.4, -0.2) is 45.6 Å². The van der Waals surface area contributed by atoms with Gasteiger partial charge in [-0.25, -0.2) is 4.67 Å². The largest absolute Gasteiger partial charge is 0.321 e. The third-order valence-electron chi connectivity index (χ3n) is 5.80. The molecule has 0 spiro atoms. The minimum Gasteiger partial charge on any atom is -0.321 e. The minimum absolute atomic E-state index is 0.00569. The topological polar surface area (TPSA) is 34.2 Å². The smallest absolute Gasteiger partial charge is 0.259 e. The molecule has 2 aliphatic heterocycles. The van der Waals surface area contributed by atoms with Gasteiger partial charge in [0.1, 0.15) is 6.10 Å². The zero-order chi connectivity index (χ0) is 21.4. The molecule has 0 aliphatic carbocycles. The Hall–Kier alpha value is -0.550. The Labute approximate surface area is 178 Å². The van der Waals surface area contributed by atoms with Gasteiger partial charge >= 0.3 is 0 Å². The molecule has 2 saturated heterocycles. The van der Waals surface area contributed by atoms with Crippen molar-refractivity contribution >= 4 is 8.53 Å². The van der Waals surface area contributed by atoms with Gasteiger partial charge < -0.3 is 9.05 Å². The van der Waals surface area contributed by atoms with E-state index in [4.69, 9.17) is 13.9 Å². The molecule has 1 aromatic rings. The first-order valence-corrected chi connectivity index (χ1v) is 11.9. The molecule has 29 heavy (non-hydrogen) atoms. The molecule has 0 bridgehead atoms. The lowest BCUT2D eigenvalue weighted by Crippen LogP contribution is -2.62. The maximum atomic E-state index is 6.59. The summed E-state index contributed by atoms with van der Waals surface area (Å²) in [5.74, 6) is 0. The summed E-state index contributed by atoms with van der Waals surface area (Å²) in [5.41, 5.74) is 0.970. The number of hydrogen-bond acceptors (Lipinski definition) is 5. The average molecular weight is 423 g/mol. The number of benzene rings is 1. The van der Waals surface area contributed by atoms with Crippen LogP contribution in [0.15, 0.2) is 30.3 Å². The SMILES string of the molecule is CC(ON1C(C)(C)CC(OP2OCCN2C(C)(C)C)CC1(C)C)c1ccccc1. The van der Waals surface area contributed by atoms with Crippen LogP contribution in [0, 0.1) is 0 Å². The van der Waals surface area contributed by atoms with Gasteiger partial charge in [-0.05, 0) is 73.8 Å². The van der Waals surface area contributed by atoms with Crippen molar-refractivity contribution in [2.75, 3.05) is 13.2 Å². The van der Waals surface area contributed by atoms with Crippen LogP contribution in [-0.2, 0) is 13.9 Å². The fraction of sp³-hybridized carbons (Fsp3) is 0.739. The maximum absolute atomic E-state index is 6.59. The second-order valence-corrected chi connectivity index (χ2v) is 12.0. The lowest BCUT2D eigenvalue weighted by molar-refractivity contribution is -0.312. The summed E-state index contributed by atoms with van der Waals surface area (Å²) in [4.78, 5) is 6.54. The fourth-order valence-corrected chi connectivity index (χ4v) is 6.32. The van der Waals surface area contributed by atoms with Crippen LogP contribution in [0.1, 0.15) is 79.9 Å². The Balaban J connectivity index is 1.70. The lowest BCUT2D eigenvalue weighted by Gasteiger charge is -2.54. The van der Waals surface area contributed by atoms with Crippen molar-refractivity contribution < 1.29 is 13.9 Å². The molecule has 164 valence electrons. The Kier molecular flexibility index (Phi) is 6.80. The molecular formula is C23H39N2O3P. The summed E-state index contributed by atoms with van der Waals surface area (Å²) in [6.07, 6.45) is 1.99. The average Bonchev–Trinajstić information content (AvgIpc) is 3.06. The van der Waals surface area contributed by atoms with Crippen LogP contribution in [0.25, 0.3) is 0 Å². The van der Waals surface area contributed by atoms with E-state index in [-0.39, 0.29) is 28.8 Å². The Bertz CT molecular complexity index is 656. The van der Waals surface area contributed by atoms with Gasteiger partial charge in [-0.3, -0.25) is 4.84 Å². The van der Waals surface area contributed by atoms with Gasteiger partial charge in [0.25, 0.3) is 8.53 Å². The van der Waals surface area contributed by atoms with Gasteiger partial charge in [-0.2, -0.15) is 5.06 Å². The monoisotopic (exact) mass is 422 g/mol. The highest BCUT2D eigenvalue weighted by molar-refractivity contribution is 7.44. The van der Waals surface area contributed by atoms with Crippen molar-refractivity contribution in [1.82, 2.24) is 9.73 Å². The Morgan fingerprint density at radius 2 is 1.66 bits per heavy atom. The zero-order valence-corrected chi connectivity index (χ0v) is 20.3. The van der Waals surface area contributed by atoms with Crippen LogP contribution in [0.2, 0.25) is 0 Å². The first-order valence-electron chi connectivity index (χ1n) is 10.8. The second kappa shape index (κ2) is 8.53. The van der Waals surface area contributed by atoms with E-state index >= 15 is 0 Å². The highest BCUT2D eigenvalue weighted by Gasteiger charge is 2.49. The van der Waals surface area contributed by atoms with Crippen molar-refractivity contribution in [2.24, 2.45) is 0 Å². The van der Waals surface area contributed by atoms with Gasteiger partial charge in [-0.1, -0.05) is 30.3 Å². The van der Waals surface area contributed by atoms with E-state index < -0.39 is 8.53 Å². The van der Waals surface area contributed by atoms with E-state index in [0.29, 0.717) is 0 Å². The molecule has 3 rings (SSSR count). The molecule has 2 unspecified atom stereocenters. The maximum Gasteiger partial charge on any atom is 0.259 e. The van der Waals surface area contributed by atoms with Crippen molar-refractivity contribution in [2.45, 2.75) is 97.1 Å². The number of hydroxylamine groups is 2. The van der Waals surface area contributed by atoms with E-state index in [2.05, 4.69) is 89.4 Å². The number of hydrogen-bond donors (Lipinski definition) is 0. The molecule has 0 amide bonds. The summed E-state index contributed by atoms with van der Waals surface area (Å²) in [6.45, 7) is 19.5. The Morgan fingerprint density at radius 1 is 1.07 bits per heavy atom. The predicted molar refractivity (Wildman–Crippen MR) is 119 cm³/mol. The first kappa shape index (κ1) is 23.1.